The van der Waals surface area contributed by atoms with Gasteiger partial charge >= 0.3 is 5.92 Å². The molecule has 0 aromatic heterocycles. The van der Waals surface area contributed by atoms with Gasteiger partial charge in [0.05, 0.1) is 24.4 Å². The summed E-state index contributed by atoms with van der Waals surface area (Å²) in [4.78, 5) is 25.1. The molecule has 7 nitrogen and oxygen atoms in total. The third-order valence-electron chi connectivity index (χ3n) is 5.49. The standard InChI is InChI=1S/C22H21F6N3O4S/c1-12-9-14(4-6-16(12)23)29-19(32)13-3-5-17(24)15(10-13)22(27,28)20(33)31-8-7-18(21(25,26)11-31)30-36(2,34)35/h3-6,9-10,18,30H,7-8,11H2,1-2H3,(H,29,32). The smallest absolute Gasteiger partial charge is 0.331 e. The maximum absolute atomic E-state index is 15.0. The van der Waals surface area contributed by atoms with Gasteiger partial charge in [0, 0.05) is 17.8 Å². The van der Waals surface area contributed by atoms with Gasteiger partial charge in [0.25, 0.3) is 17.7 Å². The second kappa shape index (κ2) is 9.73. The summed E-state index contributed by atoms with van der Waals surface area (Å²) in [5.41, 5.74) is -1.66. The third-order valence-corrected chi connectivity index (χ3v) is 6.21. The number of anilines is 1. The average Bonchev–Trinajstić information content (AvgIpc) is 2.76. The first-order chi connectivity index (χ1) is 16.5. The van der Waals surface area contributed by atoms with E-state index >= 15 is 8.78 Å². The number of halogens is 6. The van der Waals surface area contributed by atoms with E-state index in [0.717, 1.165) is 12.1 Å². The molecule has 0 aliphatic carbocycles. The van der Waals surface area contributed by atoms with Crippen LogP contribution in [0, 0.1) is 18.6 Å². The van der Waals surface area contributed by atoms with Crippen molar-refractivity contribution in [3.8, 4) is 0 Å². The molecule has 1 heterocycles. The quantitative estimate of drug-likeness (QED) is 0.553. The highest BCUT2D eigenvalue weighted by Gasteiger charge is 2.53. The molecule has 0 spiro atoms. The fourth-order valence-corrected chi connectivity index (χ4v) is 4.47. The number of amides is 2. The molecule has 0 radical (unpaired) electrons. The molecule has 2 amide bonds. The van der Waals surface area contributed by atoms with Crippen LogP contribution in [0.3, 0.4) is 0 Å². The van der Waals surface area contributed by atoms with Crippen molar-refractivity contribution in [2.24, 2.45) is 0 Å². The summed E-state index contributed by atoms with van der Waals surface area (Å²) < 4.78 is 111. The fraction of sp³-hybridized carbons (Fsp3) is 0.364. The van der Waals surface area contributed by atoms with Crippen molar-refractivity contribution in [1.82, 2.24) is 9.62 Å². The van der Waals surface area contributed by atoms with Crippen molar-refractivity contribution >= 4 is 27.5 Å². The molecule has 196 valence electrons. The summed E-state index contributed by atoms with van der Waals surface area (Å²) >= 11 is 0. The van der Waals surface area contributed by atoms with E-state index in [9.17, 15) is 35.6 Å². The predicted octanol–water partition coefficient (Wildman–Crippen LogP) is 3.40. The number of piperidine rings is 1. The predicted molar refractivity (Wildman–Crippen MR) is 117 cm³/mol. The molecule has 1 fully saturated rings. The number of aryl methyl sites for hydroxylation is 1. The summed E-state index contributed by atoms with van der Waals surface area (Å²) in [6.45, 7) is -0.750. The van der Waals surface area contributed by atoms with Crippen LogP contribution in [-0.4, -0.2) is 56.4 Å². The molecule has 2 aromatic rings. The van der Waals surface area contributed by atoms with Crippen LogP contribution < -0.4 is 10.0 Å². The van der Waals surface area contributed by atoms with Gasteiger partial charge < -0.3 is 10.2 Å². The minimum absolute atomic E-state index is 0.119. The van der Waals surface area contributed by atoms with Gasteiger partial charge in [0.1, 0.15) is 11.6 Å². The van der Waals surface area contributed by atoms with Crippen LogP contribution in [0.25, 0.3) is 0 Å². The Morgan fingerprint density at radius 3 is 2.31 bits per heavy atom. The van der Waals surface area contributed by atoms with Crippen molar-refractivity contribution in [3.05, 3.63) is 64.7 Å². The molecule has 1 saturated heterocycles. The van der Waals surface area contributed by atoms with Gasteiger partial charge in [0.2, 0.25) is 10.0 Å². The molecule has 2 N–H and O–H groups in total. The third kappa shape index (κ3) is 5.98. The minimum Gasteiger partial charge on any atom is -0.331 e. The summed E-state index contributed by atoms with van der Waals surface area (Å²) in [6.07, 6.45) is -0.0121. The normalized spacial score (nSPS) is 18.1. The Morgan fingerprint density at radius 2 is 1.72 bits per heavy atom. The van der Waals surface area contributed by atoms with Crippen molar-refractivity contribution in [2.75, 3.05) is 24.7 Å². The monoisotopic (exact) mass is 537 g/mol. The van der Waals surface area contributed by atoms with E-state index < -0.39 is 82.0 Å². The summed E-state index contributed by atoms with van der Waals surface area (Å²) in [6, 6.07) is 3.47. The van der Waals surface area contributed by atoms with Crippen molar-refractivity contribution in [3.63, 3.8) is 0 Å². The van der Waals surface area contributed by atoms with Crippen LogP contribution in [0.1, 0.15) is 27.9 Å². The Kier molecular flexibility index (Phi) is 7.42. The molecule has 1 aliphatic heterocycles. The number of nitrogens with zero attached hydrogens (tertiary/aromatic N) is 1. The molecule has 36 heavy (non-hydrogen) atoms. The van der Waals surface area contributed by atoms with Crippen LogP contribution in [0.2, 0.25) is 0 Å². The second-order valence-electron chi connectivity index (χ2n) is 8.41. The minimum atomic E-state index is -4.62. The van der Waals surface area contributed by atoms with Gasteiger partial charge in [-0.25, -0.2) is 30.7 Å². The van der Waals surface area contributed by atoms with E-state index in [2.05, 4.69) is 5.32 Å². The van der Waals surface area contributed by atoms with Crippen LogP contribution in [0.5, 0.6) is 0 Å². The van der Waals surface area contributed by atoms with Gasteiger partial charge in [-0.3, -0.25) is 9.59 Å². The van der Waals surface area contributed by atoms with Crippen LogP contribution in [0.15, 0.2) is 36.4 Å². The maximum Gasteiger partial charge on any atom is 0.352 e. The van der Waals surface area contributed by atoms with Crippen molar-refractivity contribution in [2.45, 2.75) is 31.2 Å². The number of carbonyl (C=O) groups excluding carboxylic acids is 2. The summed E-state index contributed by atoms with van der Waals surface area (Å²) in [5, 5.41) is 2.33. The van der Waals surface area contributed by atoms with Crippen molar-refractivity contribution < 1.29 is 44.3 Å². The Bertz CT molecular complexity index is 1300. The number of hydrogen-bond donors (Lipinski definition) is 2. The van der Waals surface area contributed by atoms with Gasteiger partial charge in [-0.15, -0.1) is 0 Å². The zero-order chi connectivity index (χ0) is 27.1. The number of benzene rings is 2. The van der Waals surface area contributed by atoms with Crippen LogP contribution in [-0.2, 0) is 20.7 Å². The van der Waals surface area contributed by atoms with Gasteiger partial charge in [-0.05, 0) is 55.3 Å². The number of alkyl halides is 4. The largest absolute Gasteiger partial charge is 0.352 e. The molecule has 1 atom stereocenters. The molecule has 3 rings (SSSR count). The van der Waals surface area contributed by atoms with E-state index in [-0.39, 0.29) is 16.2 Å². The number of hydrogen-bond acceptors (Lipinski definition) is 4. The first-order valence-corrected chi connectivity index (χ1v) is 12.3. The highest BCUT2D eigenvalue weighted by molar-refractivity contribution is 7.88. The number of carbonyl (C=O) groups is 2. The number of nitrogens with one attached hydrogen (secondary N) is 2. The Labute approximate surface area is 202 Å². The SMILES string of the molecule is Cc1cc(NC(=O)c2ccc(F)c(C(F)(F)C(=O)N3CCC(NS(C)(=O)=O)C(F)(F)C3)c2)ccc1F. The van der Waals surface area contributed by atoms with Crippen LogP contribution >= 0.6 is 0 Å². The zero-order valence-electron chi connectivity index (χ0n) is 18.9. The molecule has 1 unspecified atom stereocenters. The average molecular weight is 537 g/mol. The molecular weight excluding hydrogens is 516 g/mol. The van der Waals surface area contributed by atoms with Gasteiger partial charge in [-0.1, -0.05) is 0 Å². The molecule has 1 aliphatic rings. The van der Waals surface area contributed by atoms with E-state index in [1.807, 2.05) is 0 Å². The molecule has 0 bridgehead atoms. The van der Waals surface area contributed by atoms with E-state index in [0.29, 0.717) is 18.4 Å². The topological polar surface area (TPSA) is 95.6 Å². The Balaban J connectivity index is 1.82. The lowest BCUT2D eigenvalue weighted by Gasteiger charge is -2.39. The first kappa shape index (κ1) is 27.5. The fourth-order valence-electron chi connectivity index (χ4n) is 3.66. The van der Waals surface area contributed by atoms with E-state index in [4.69, 9.17) is 0 Å². The number of rotatable bonds is 6. The summed E-state index contributed by atoms with van der Waals surface area (Å²) in [7, 11) is -4.04. The lowest BCUT2D eigenvalue weighted by atomic mass is 9.98. The highest BCUT2D eigenvalue weighted by atomic mass is 32.2. The van der Waals surface area contributed by atoms with Gasteiger partial charge in [0.15, 0.2) is 0 Å². The highest BCUT2D eigenvalue weighted by Crippen LogP contribution is 2.36. The van der Waals surface area contributed by atoms with Crippen molar-refractivity contribution in [1.29, 1.82) is 0 Å². The molecule has 2 aromatic carbocycles. The maximum atomic E-state index is 15.0. The Morgan fingerprint density at radius 1 is 1.08 bits per heavy atom. The second-order valence-corrected chi connectivity index (χ2v) is 10.2. The molecule has 0 saturated carbocycles. The van der Waals surface area contributed by atoms with Gasteiger partial charge in [-0.2, -0.15) is 8.78 Å². The van der Waals surface area contributed by atoms with E-state index in [1.54, 1.807) is 4.72 Å². The molecule has 14 heteroatoms. The lowest BCUT2D eigenvalue weighted by Crippen LogP contribution is -2.60. The summed E-state index contributed by atoms with van der Waals surface area (Å²) in [5.74, 6) is -13.7. The number of sulfonamides is 1. The first-order valence-electron chi connectivity index (χ1n) is 10.4. The van der Waals surface area contributed by atoms with E-state index in [1.165, 1.54) is 19.1 Å². The molecular formula is C22H21F6N3O4S. The number of likely N-dealkylation sites (tertiary alicyclic amines) is 1. The lowest BCUT2D eigenvalue weighted by molar-refractivity contribution is -0.170. The zero-order valence-corrected chi connectivity index (χ0v) is 19.7. The Hall–Kier alpha value is -3.13. The van der Waals surface area contributed by atoms with Crippen LogP contribution in [0.4, 0.5) is 32.0 Å².